The van der Waals surface area contributed by atoms with E-state index in [2.05, 4.69) is 48.2 Å². The van der Waals surface area contributed by atoms with Crippen molar-refractivity contribution in [2.75, 3.05) is 4.90 Å². The Labute approximate surface area is 210 Å². The second kappa shape index (κ2) is 10.0. The van der Waals surface area contributed by atoms with E-state index < -0.39 is 4.92 Å². The summed E-state index contributed by atoms with van der Waals surface area (Å²) in [4.78, 5) is 29.1. The third kappa shape index (κ3) is 4.58. The van der Waals surface area contributed by atoms with Gasteiger partial charge in [0, 0.05) is 25.2 Å². The number of carbonyl (C=O) groups is 1. The number of nitro groups is 1. The highest BCUT2D eigenvalue weighted by molar-refractivity contribution is 6.02. The number of benzene rings is 4. The van der Waals surface area contributed by atoms with E-state index in [1.54, 1.807) is 6.07 Å². The van der Waals surface area contributed by atoms with E-state index in [0.29, 0.717) is 24.3 Å². The van der Waals surface area contributed by atoms with Gasteiger partial charge in [-0.25, -0.2) is 0 Å². The fourth-order valence-corrected chi connectivity index (χ4v) is 4.80. The molecule has 0 aliphatic carbocycles. The van der Waals surface area contributed by atoms with Gasteiger partial charge in [0.05, 0.1) is 16.2 Å². The highest BCUT2D eigenvalue weighted by Gasteiger charge is 2.39. The first-order valence-electron chi connectivity index (χ1n) is 12.1. The van der Waals surface area contributed by atoms with Gasteiger partial charge in [-0.3, -0.25) is 14.9 Å². The number of amides is 1. The SMILES string of the molecule is CCc1ccc([C@H]2N(Cc3ccccc3)C(=O)c3cc([N+](=O)[O-])ccc3N2Cc2ccccc2)cc1. The van der Waals surface area contributed by atoms with Crippen molar-refractivity contribution in [1.29, 1.82) is 0 Å². The largest absolute Gasteiger partial charge is 0.342 e. The van der Waals surface area contributed by atoms with Crippen molar-refractivity contribution >= 4 is 17.3 Å². The third-order valence-electron chi connectivity index (χ3n) is 6.66. The molecule has 1 aliphatic heterocycles. The molecule has 0 aromatic heterocycles. The highest BCUT2D eigenvalue weighted by atomic mass is 16.6. The monoisotopic (exact) mass is 477 g/mol. The van der Waals surface area contributed by atoms with E-state index in [9.17, 15) is 14.9 Å². The topological polar surface area (TPSA) is 66.7 Å². The smallest absolute Gasteiger partial charge is 0.270 e. The minimum absolute atomic E-state index is 0.0906. The van der Waals surface area contributed by atoms with Crippen molar-refractivity contribution in [3.05, 3.63) is 141 Å². The molecular weight excluding hydrogens is 450 g/mol. The second-order valence-corrected chi connectivity index (χ2v) is 8.96. The lowest BCUT2D eigenvalue weighted by Gasteiger charge is -2.46. The van der Waals surface area contributed by atoms with Crippen LogP contribution in [0.4, 0.5) is 11.4 Å². The van der Waals surface area contributed by atoms with Crippen molar-refractivity contribution in [3.8, 4) is 0 Å². The molecule has 0 spiro atoms. The maximum absolute atomic E-state index is 14.0. The van der Waals surface area contributed by atoms with Crippen molar-refractivity contribution < 1.29 is 9.72 Å². The predicted octanol–water partition coefficient (Wildman–Crippen LogP) is 6.52. The molecule has 0 N–H and O–H groups in total. The molecule has 6 nitrogen and oxygen atoms in total. The number of rotatable bonds is 7. The molecule has 0 unspecified atom stereocenters. The summed E-state index contributed by atoms with van der Waals surface area (Å²) in [6.07, 6.45) is 0.551. The predicted molar refractivity (Wildman–Crippen MR) is 141 cm³/mol. The second-order valence-electron chi connectivity index (χ2n) is 8.96. The first-order valence-corrected chi connectivity index (χ1v) is 12.1. The zero-order valence-corrected chi connectivity index (χ0v) is 20.1. The molecule has 0 radical (unpaired) electrons. The molecule has 1 atom stereocenters. The van der Waals surface area contributed by atoms with Crippen LogP contribution in [0.25, 0.3) is 0 Å². The number of non-ortho nitro benzene ring substituents is 1. The molecule has 6 heteroatoms. The number of hydrogen-bond donors (Lipinski definition) is 0. The van der Waals surface area contributed by atoms with Crippen molar-refractivity contribution in [2.45, 2.75) is 32.6 Å². The minimum atomic E-state index is -0.452. The van der Waals surface area contributed by atoms with Gasteiger partial charge in [0.2, 0.25) is 0 Å². The zero-order valence-electron chi connectivity index (χ0n) is 20.1. The Bertz CT molecular complexity index is 1370. The van der Waals surface area contributed by atoms with Crippen LogP contribution < -0.4 is 4.90 Å². The van der Waals surface area contributed by atoms with Gasteiger partial charge in [-0.1, -0.05) is 91.9 Å². The Morgan fingerprint density at radius 3 is 1.89 bits per heavy atom. The van der Waals surface area contributed by atoms with Crippen LogP contribution in [0.2, 0.25) is 0 Å². The van der Waals surface area contributed by atoms with E-state index >= 15 is 0 Å². The fraction of sp³-hybridized carbons (Fsp3) is 0.167. The van der Waals surface area contributed by atoms with Gasteiger partial charge in [-0.05, 0) is 34.7 Å². The number of nitro benzene ring substituents is 1. The number of carbonyl (C=O) groups excluding carboxylic acids is 1. The van der Waals surface area contributed by atoms with Gasteiger partial charge in [0.15, 0.2) is 0 Å². The van der Waals surface area contributed by atoms with Crippen LogP contribution in [-0.2, 0) is 19.5 Å². The van der Waals surface area contributed by atoms with Crippen LogP contribution in [0.15, 0.2) is 103 Å². The van der Waals surface area contributed by atoms with Crippen LogP contribution >= 0.6 is 0 Å². The van der Waals surface area contributed by atoms with Gasteiger partial charge < -0.3 is 9.80 Å². The molecule has 4 aromatic carbocycles. The average molecular weight is 478 g/mol. The van der Waals surface area contributed by atoms with E-state index in [4.69, 9.17) is 0 Å². The summed E-state index contributed by atoms with van der Waals surface area (Å²) in [6.45, 7) is 3.05. The van der Waals surface area contributed by atoms with Crippen LogP contribution in [0, 0.1) is 10.1 Å². The summed E-state index contributed by atoms with van der Waals surface area (Å²) >= 11 is 0. The number of anilines is 1. The zero-order chi connectivity index (χ0) is 25.1. The number of hydrogen-bond acceptors (Lipinski definition) is 4. The first kappa shape index (κ1) is 23.3. The summed E-state index contributed by atoms with van der Waals surface area (Å²) < 4.78 is 0. The molecule has 1 aliphatic rings. The molecule has 0 saturated heterocycles. The molecule has 180 valence electrons. The summed E-state index contributed by atoms with van der Waals surface area (Å²) in [5.41, 5.74) is 5.26. The summed E-state index contributed by atoms with van der Waals surface area (Å²) in [6, 6.07) is 32.9. The molecular formula is C30H27N3O3. The van der Waals surface area contributed by atoms with Gasteiger partial charge >= 0.3 is 0 Å². The molecule has 5 rings (SSSR count). The Kier molecular flexibility index (Phi) is 6.50. The lowest BCUT2D eigenvalue weighted by atomic mass is 9.97. The van der Waals surface area contributed by atoms with E-state index in [1.165, 1.54) is 17.7 Å². The molecule has 36 heavy (non-hydrogen) atoms. The minimum Gasteiger partial charge on any atom is -0.342 e. The Morgan fingerprint density at radius 1 is 0.750 bits per heavy atom. The summed E-state index contributed by atoms with van der Waals surface area (Å²) in [5.74, 6) is -0.216. The fourth-order valence-electron chi connectivity index (χ4n) is 4.80. The molecule has 4 aromatic rings. The molecule has 0 fully saturated rings. The maximum Gasteiger partial charge on any atom is 0.270 e. The Balaban J connectivity index is 1.69. The molecule has 1 amide bonds. The standard InChI is InChI=1S/C30H27N3O3/c1-2-22-13-15-25(16-14-22)29-31(20-23-9-5-3-6-10-23)28-18-17-26(33(35)36)19-27(28)30(34)32(29)21-24-11-7-4-8-12-24/h3-19,29H,2,20-21H2,1H3/t29-/m1/s1. The highest BCUT2D eigenvalue weighted by Crippen LogP contribution is 2.42. The van der Waals surface area contributed by atoms with Gasteiger partial charge in [0.1, 0.15) is 6.17 Å². The first-order chi connectivity index (χ1) is 17.5. The Morgan fingerprint density at radius 2 is 1.33 bits per heavy atom. The average Bonchev–Trinajstić information content (AvgIpc) is 2.92. The number of aryl methyl sites for hydroxylation is 1. The quantitative estimate of drug-likeness (QED) is 0.225. The normalized spacial score (nSPS) is 15.0. The van der Waals surface area contributed by atoms with Gasteiger partial charge in [-0.15, -0.1) is 0 Å². The molecule has 1 heterocycles. The lowest BCUT2D eigenvalue weighted by Crippen LogP contribution is -2.48. The van der Waals surface area contributed by atoms with Gasteiger partial charge in [0.25, 0.3) is 11.6 Å². The lowest BCUT2D eigenvalue weighted by molar-refractivity contribution is -0.384. The molecule has 0 saturated carbocycles. The summed E-state index contributed by atoms with van der Waals surface area (Å²) in [7, 11) is 0. The summed E-state index contributed by atoms with van der Waals surface area (Å²) in [5, 5.41) is 11.6. The van der Waals surface area contributed by atoms with Crippen molar-refractivity contribution in [2.24, 2.45) is 0 Å². The van der Waals surface area contributed by atoms with Crippen molar-refractivity contribution in [1.82, 2.24) is 4.90 Å². The maximum atomic E-state index is 14.0. The van der Waals surface area contributed by atoms with Crippen molar-refractivity contribution in [3.63, 3.8) is 0 Å². The van der Waals surface area contributed by atoms with E-state index in [0.717, 1.165) is 23.1 Å². The third-order valence-corrected chi connectivity index (χ3v) is 6.66. The molecule has 0 bridgehead atoms. The number of fused-ring (bicyclic) bond motifs is 1. The Hall–Kier alpha value is -4.45. The van der Waals surface area contributed by atoms with Crippen LogP contribution in [0.5, 0.6) is 0 Å². The van der Waals surface area contributed by atoms with E-state index in [-0.39, 0.29) is 17.8 Å². The van der Waals surface area contributed by atoms with Crippen LogP contribution in [0.1, 0.15) is 45.7 Å². The van der Waals surface area contributed by atoms with Gasteiger partial charge in [-0.2, -0.15) is 0 Å². The number of nitrogens with zero attached hydrogens (tertiary/aromatic N) is 3. The van der Waals surface area contributed by atoms with Crippen LogP contribution in [0.3, 0.4) is 0 Å². The van der Waals surface area contributed by atoms with Crippen LogP contribution in [-0.4, -0.2) is 15.7 Å². The van der Waals surface area contributed by atoms with E-state index in [1.807, 2.05) is 53.4 Å².